The number of para-hydroxylation sites is 1. The van der Waals surface area contributed by atoms with Crippen LogP contribution in [0.1, 0.15) is 12.8 Å². The zero-order chi connectivity index (χ0) is 21.7. The number of nitrogens with one attached hydrogen (secondary N) is 1. The molecule has 1 saturated heterocycles. The highest BCUT2D eigenvalue weighted by atomic mass is 35.5. The minimum absolute atomic E-state index is 0. The Morgan fingerprint density at radius 3 is 2.50 bits per heavy atom. The van der Waals surface area contributed by atoms with E-state index in [9.17, 15) is 8.42 Å². The number of halogens is 2. The molecule has 0 amide bonds. The van der Waals surface area contributed by atoms with Crippen molar-refractivity contribution in [2.24, 2.45) is 0 Å². The van der Waals surface area contributed by atoms with Gasteiger partial charge in [-0.05, 0) is 49.7 Å². The molecule has 3 aromatic rings. The largest absolute Gasteiger partial charge is 0.369 e. The predicted octanol–water partition coefficient (Wildman–Crippen LogP) is 4.19. The minimum atomic E-state index is -3.58. The van der Waals surface area contributed by atoms with Gasteiger partial charge in [0.2, 0.25) is 10.0 Å². The van der Waals surface area contributed by atoms with Crippen LogP contribution in [0.5, 0.6) is 0 Å². The van der Waals surface area contributed by atoms with Crippen LogP contribution in [0, 0.1) is 0 Å². The first kappa shape index (κ1) is 24.7. The summed E-state index contributed by atoms with van der Waals surface area (Å²) < 4.78 is 28.2. The molecule has 0 aliphatic carbocycles. The maximum absolute atomic E-state index is 12.7. The van der Waals surface area contributed by atoms with Crippen molar-refractivity contribution in [2.45, 2.75) is 17.7 Å². The van der Waals surface area contributed by atoms with Gasteiger partial charge < -0.3 is 4.90 Å². The third kappa shape index (κ3) is 6.11. The number of pyridine rings is 1. The Morgan fingerprint density at radius 1 is 0.969 bits per heavy atom. The Morgan fingerprint density at radius 2 is 1.72 bits per heavy atom. The van der Waals surface area contributed by atoms with E-state index in [1.807, 2.05) is 30.3 Å². The molecule has 0 atom stereocenters. The van der Waals surface area contributed by atoms with Crippen LogP contribution < -0.4 is 9.62 Å². The van der Waals surface area contributed by atoms with E-state index in [4.69, 9.17) is 11.6 Å². The van der Waals surface area contributed by atoms with Crippen LogP contribution in [0.25, 0.3) is 10.9 Å². The van der Waals surface area contributed by atoms with E-state index in [0.717, 1.165) is 56.0 Å². The van der Waals surface area contributed by atoms with Gasteiger partial charge in [-0.2, -0.15) is 0 Å². The van der Waals surface area contributed by atoms with E-state index in [0.29, 0.717) is 12.1 Å². The lowest BCUT2D eigenvalue weighted by Gasteiger charge is -2.36. The van der Waals surface area contributed by atoms with Crippen LogP contribution >= 0.6 is 24.0 Å². The van der Waals surface area contributed by atoms with Crippen molar-refractivity contribution < 1.29 is 8.42 Å². The average Bonchev–Trinajstić information content (AvgIpc) is 2.79. The normalized spacial score (nSPS) is 15.0. The molecule has 2 heterocycles. The van der Waals surface area contributed by atoms with Gasteiger partial charge in [0, 0.05) is 55.0 Å². The van der Waals surface area contributed by atoms with Gasteiger partial charge in [0.15, 0.2) is 0 Å². The Hall–Kier alpha value is -1.90. The second-order valence-corrected chi connectivity index (χ2v) is 9.92. The van der Waals surface area contributed by atoms with Gasteiger partial charge >= 0.3 is 0 Å². The minimum Gasteiger partial charge on any atom is -0.369 e. The highest BCUT2D eigenvalue weighted by molar-refractivity contribution is 7.89. The SMILES string of the molecule is Cl.O=S(=O)(NCCCCN1CCN(c2cccc(Cl)c2)CC1)c1cccc2cccnc12. The van der Waals surface area contributed by atoms with Crippen LogP contribution in [0.2, 0.25) is 5.02 Å². The Kier molecular flexibility index (Phi) is 8.73. The summed E-state index contributed by atoms with van der Waals surface area (Å²) in [4.78, 5) is 9.28. The highest BCUT2D eigenvalue weighted by Gasteiger charge is 2.19. The number of anilines is 1. The summed E-state index contributed by atoms with van der Waals surface area (Å²) >= 11 is 6.10. The van der Waals surface area contributed by atoms with E-state index in [1.54, 1.807) is 24.4 Å². The first-order valence-corrected chi connectivity index (χ1v) is 12.5. The van der Waals surface area contributed by atoms with Crippen molar-refractivity contribution in [3.63, 3.8) is 0 Å². The number of benzene rings is 2. The maximum atomic E-state index is 12.7. The van der Waals surface area contributed by atoms with Crippen molar-refractivity contribution in [3.05, 3.63) is 65.8 Å². The van der Waals surface area contributed by atoms with Gasteiger partial charge in [0.1, 0.15) is 4.90 Å². The molecule has 0 radical (unpaired) electrons. The standard InChI is InChI=1S/C23H27ClN4O2S.ClH/c24-20-8-4-9-21(18-20)28-16-14-27(15-17-28)13-2-1-12-26-31(29,30)22-10-3-6-19-7-5-11-25-23(19)22;/h3-11,18,26H,1-2,12-17H2;1H. The van der Waals surface area contributed by atoms with Crippen LogP contribution in [-0.2, 0) is 10.0 Å². The highest BCUT2D eigenvalue weighted by Crippen LogP contribution is 2.22. The number of hydrogen-bond donors (Lipinski definition) is 1. The monoisotopic (exact) mass is 494 g/mol. The predicted molar refractivity (Wildman–Crippen MR) is 134 cm³/mol. The number of fused-ring (bicyclic) bond motifs is 1. The van der Waals surface area contributed by atoms with Gasteiger partial charge in [-0.25, -0.2) is 13.1 Å². The van der Waals surface area contributed by atoms with Crippen molar-refractivity contribution in [1.82, 2.24) is 14.6 Å². The van der Waals surface area contributed by atoms with Crippen molar-refractivity contribution in [1.29, 1.82) is 0 Å². The third-order valence-electron chi connectivity index (χ3n) is 5.62. The van der Waals surface area contributed by atoms with E-state index >= 15 is 0 Å². The fraction of sp³-hybridized carbons (Fsp3) is 0.348. The number of nitrogens with zero attached hydrogens (tertiary/aromatic N) is 3. The number of sulfonamides is 1. The second kappa shape index (κ2) is 11.3. The Labute approximate surface area is 201 Å². The molecule has 6 nitrogen and oxygen atoms in total. The van der Waals surface area contributed by atoms with Gasteiger partial charge in [0.05, 0.1) is 5.52 Å². The van der Waals surface area contributed by atoms with Gasteiger partial charge in [-0.1, -0.05) is 35.9 Å². The zero-order valence-electron chi connectivity index (χ0n) is 17.8. The molecule has 1 aliphatic heterocycles. The molecule has 2 aromatic carbocycles. The fourth-order valence-corrected chi connectivity index (χ4v) is 5.38. The van der Waals surface area contributed by atoms with E-state index in [-0.39, 0.29) is 17.3 Å². The van der Waals surface area contributed by atoms with Gasteiger partial charge in [0.25, 0.3) is 0 Å². The smallest absolute Gasteiger partial charge is 0.242 e. The van der Waals surface area contributed by atoms with Gasteiger partial charge in [-0.15, -0.1) is 12.4 Å². The van der Waals surface area contributed by atoms with Crippen LogP contribution in [0.15, 0.2) is 65.7 Å². The molecule has 0 saturated carbocycles. The van der Waals surface area contributed by atoms with Crippen LogP contribution in [0.3, 0.4) is 0 Å². The average molecular weight is 495 g/mol. The van der Waals surface area contributed by atoms with Gasteiger partial charge in [-0.3, -0.25) is 9.88 Å². The van der Waals surface area contributed by atoms with E-state index < -0.39 is 10.0 Å². The summed E-state index contributed by atoms with van der Waals surface area (Å²) in [5, 5.41) is 1.59. The van der Waals surface area contributed by atoms with Crippen LogP contribution in [-0.4, -0.2) is 57.6 Å². The molecule has 1 aliphatic rings. The molecule has 0 unspecified atom stereocenters. The summed E-state index contributed by atoms with van der Waals surface area (Å²) in [6.45, 7) is 5.34. The molecule has 32 heavy (non-hydrogen) atoms. The number of unbranched alkanes of at least 4 members (excludes halogenated alkanes) is 1. The van der Waals surface area contributed by atoms with Crippen molar-refractivity contribution >= 4 is 50.6 Å². The third-order valence-corrected chi connectivity index (χ3v) is 7.35. The summed E-state index contributed by atoms with van der Waals surface area (Å²) in [6.07, 6.45) is 3.37. The summed E-state index contributed by atoms with van der Waals surface area (Å²) in [5.41, 5.74) is 1.68. The summed E-state index contributed by atoms with van der Waals surface area (Å²) in [6, 6.07) is 16.9. The molecule has 172 valence electrons. The topological polar surface area (TPSA) is 65.5 Å². The van der Waals surface area contributed by atoms with E-state index in [1.165, 1.54) is 5.69 Å². The molecule has 1 N–H and O–H groups in total. The molecular formula is C23H28Cl2N4O2S. The van der Waals surface area contributed by atoms with E-state index in [2.05, 4.69) is 25.6 Å². The number of hydrogen-bond acceptors (Lipinski definition) is 5. The number of rotatable bonds is 8. The number of piperazine rings is 1. The van der Waals surface area contributed by atoms with Crippen molar-refractivity contribution in [2.75, 3.05) is 44.2 Å². The summed E-state index contributed by atoms with van der Waals surface area (Å²) in [7, 11) is -3.58. The van der Waals surface area contributed by atoms with Crippen LogP contribution in [0.4, 0.5) is 5.69 Å². The lowest BCUT2D eigenvalue weighted by Crippen LogP contribution is -2.46. The zero-order valence-corrected chi connectivity index (χ0v) is 20.2. The molecule has 9 heteroatoms. The maximum Gasteiger partial charge on any atom is 0.242 e. The first-order valence-electron chi connectivity index (χ1n) is 10.6. The molecule has 1 fully saturated rings. The van der Waals surface area contributed by atoms with Crippen molar-refractivity contribution in [3.8, 4) is 0 Å². The molecule has 0 bridgehead atoms. The number of aromatic nitrogens is 1. The lowest BCUT2D eigenvalue weighted by molar-refractivity contribution is 0.253. The molecule has 4 rings (SSSR count). The molecule has 0 spiro atoms. The summed E-state index contributed by atoms with van der Waals surface area (Å²) in [5.74, 6) is 0. The lowest BCUT2D eigenvalue weighted by atomic mass is 10.2. The molecular weight excluding hydrogens is 467 g/mol. The Bertz CT molecular complexity index is 1130. The Balaban J connectivity index is 0.00000289. The quantitative estimate of drug-likeness (QED) is 0.475. The molecule has 1 aromatic heterocycles. The second-order valence-electron chi connectivity index (χ2n) is 7.74. The first-order chi connectivity index (χ1) is 15.0. The fourth-order valence-electron chi connectivity index (χ4n) is 3.94.